The van der Waals surface area contributed by atoms with E-state index in [-0.39, 0.29) is 0 Å². The van der Waals surface area contributed by atoms with Gasteiger partial charge in [0.15, 0.2) is 0 Å². The number of hydrogen-bond acceptors (Lipinski definition) is 2. The standard InChI is InChI=1S/C20H32S2Si/c1-11-7-15-13(3)9-21-17(15)19(11)23(5,6)20-12(2)8-16-14(4)10-22-18(16)20/h9-12,15-20H,7-8H2,1-6H3. The van der Waals surface area contributed by atoms with Crippen LogP contribution < -0.4 is 0 Å². The molecule has 4 aliphatic rings. The van der Waals surface area contributed by atoms with Crippen LogP contribution >= 0.6 is 23.5 Å². The van der Waals surface area contributed by atoms with Crippen LogP contribution in [0, 0.1) is 23.7 Å². The molecule has 2 saturated carbocycles. The largest absolute Gasteiger partial charge is 0.130 e. The summed E-state index contributed by atoms with van der Waals surface area (Å²) in [6.45, 7) is 15.5. The molecular weight excluding hydrogens is 332 g/mol. The van der Waals surface area contributed by atoms with Crippen molar-refractivity contribution >= 4 is 31.6 Å². The molecule has 8 atom stereocenters. The van der Waals surface area contributed by atoms with Gasteiger partial charge in [-0.1, -0.05) is 38.1 Å². The summed E-state index contributed by atoms with van der Waals surface area (Å²) in [5.74, 6) is 3.68. The molecule has 0 radical (unpaired) electrons. The number of rotatable bonds is 2. The summed E-state index contributed by atoms with van der Waals surface area (Å²) < 4.78 is 0. The van der Waals surface area contributed by atoms with Crippen molar-refractivity contribution in [2.75, 3.05) is 0 Å². The highest BCUT2D eigenvalue weighted by atomic mass is 32.2. The second-order valence-electron chi connectivity index (χ2n) is 9.44. The lowest BCUT2D eigenvalue weighted by Crippen LogP contribution is -2.47. The average molecular weight is 365 g/mol. The highest BCUT2D eigenvalue weighted by Crippen LogP contribution is 2.65. The lowest BCUT2D eigenvalue weighted by Gasteiger charge is -2.44. The van der Waals surface area contributed by atoms with Crippen LogP contribution in [0.4, 0.5) is 0 Å². The molecule has 8 unspecified atom stereocenters. The van der Waals surface area contributed by atoms with E-state index in [1.54, 1.807) is 11.1 Å². The van der Waals surface area contributed by atoms with Gasteiger partial charge in [-0.15, -0.1) is 23.5 Å². The summed E-state index contributed by atoms with van der Waals surface area (Å²) in [6.07, 6.45) is 2.92. The highest BCUT2D eigenvalue weighted by Gasteiger charge is 2.59. The first-order valence-corrected chi connectivity index (χ1v) is 14.5. The molecule has 4 rings (SSSR count). The van der Waals surface area contributed by atoms with Gasteiger partial charge in [-0.3, -0.25) is 0 Å². The monoisotopic (exact) mass is 364 g/mol. The number of fused-ring (bicyclic) bond motifs is 2. The zero-order valence-electron chi connectivity index (χ0n) is 15.5. The van der Waals surface area contributed by atoms with Crippen LogP contribution in [0.1, 0.15) is 40.5 Å². The van der Waals surface area contributed by atoms with Crippen LogP contribution in [-0.4, -0.2) is 18.6 Å². The lowest BCUT2D eigenvalue weighted by atomic mass is 9.99. The fourth-order valence-corrected chi connectivity index (χ4v) is 18.2. The molecule has 2 fully saturated rings. The number of allylic oxidation sites excluding steroid dienone is 2. The molecule has 23 heavy (non-hydrogen) atoms. The Kier molecular flexibility index (Phi) is 4.18. The molecule has 0 nitrogen and oxygen atoms in total. The van der Waals surface area contributed by atoms with Gasteiger partial charge in [-0.2, -0.15) is 0 Å². The zero-order chi connectivity index (χ0) is 16.5. The summed E-state index contributed by atoms with van der Waals surface area (Å²) in [7, 11) is -1.30. The lowest BCUT2D eigenvalue weighted by molar-refractivity contribution is 0.540. The summed E-state index contributed by atoms with van der Waals surface area (Å²) in [5, 5.41) is 6.82. The molecule has 0 N–H and O–H groups in total. The fourth-order valence-electron chi connectivity index (χ4n) is 6.84. The van der Waals surface area contributed by atoms with Crippen LogP contribution in [0.5, 0.6) is 0 Å². The topological polar surface area (TPSA) is 0 Å². The quantitative estimate of drug-likeness (QED) is 0.495. The Labute approximate surface area is 152 Å². The number of thioether (sulfide) groups is 2. The highest BCUT2D eigenvalue weighted by molar-refractivity contribution is 8.03. The third-order valence-electron chi connectivity index (χ3n) is 7.69. The second-order valence-corrected chi connectivity index (χ2v) is 16.5. The minimum Gasteiger partial charge on any atom is -0.130 e. The van der Waals surface area contributed by atoms with Crippen molar-refractivity contribution in [3.05, 3.63) is 22.0 Å². The van der Waals surface area contributed by atoms with Crippen LogP contribution in [0.3, 0.4) is 0 Å². The van der Waals surface area contributed by atoms with Gasteiger partial charge in [0.2, 0.25) is 0 Å². The van der Waals surface area contributed by atoms with Gasteiger partial charge in [0.1, 0.15) is 0 Å². The van der Waals surface area contributed by atoms with Crippen LogP contribution in [0.2, 0.25) is 24.2 Å². The van der Waals surface area contributed by atoms with E-state index in [2.05, 4.69) is 75.1 Å². The summed E-state index contributed by atoms with van der Waals surface area (Å²) in [6, 6.07) is 0. The smallest absolute Gasteiger partial charge is 0.0564 e. The maximum absolute atomic E-state index is 2.77. The van der Waals surface area contributed by atoms with Crippen LogP contribution in [0.15, 0.2) is 22.0 Å². The van der Waals surface area contributed by atoms with E-state index in [1.165, 1.54) is 12.8 Å². The first-order valence-electron chi connectivity index (χ1n) is 9.46. The molecule has 0 spiro atoms. The molecule has 3 heteroatoms. The third kappa shape index (κ3) is 2.39. The average Bonchev–Trinajstić information content (AvgIpc) is 3.16. The molecule has 2 aliphatic heterocycles. The number of hydrogen-bond donors (Lipinski definition) is 0. The maximum Gasteiger partial charge on any atom is 0.0564 e. The minimum atomic E-state index is -1.30. The van der Waals surface area contributed by atoms with Crippen molar-refractivity contribution in [3.63, 3.8) is 0 Å². The summed E-state index contributed by atoms with van der Waals surface area (Å²) >= 11 is 4.40. The van der Waals surface area contributed by atoms with Gasteiger partial charge in [0.25, 0.3) is 0 Å². The van der Waals surface area contributed by atoms with E-state index in [0.717, 1.165) is 45.3 Å². The van der Waals surface area contributed by atoms with Gasteiger partial charge in [0, 0.05) is 10.5 Å². The predicted octanol–water partition coefficient (Wildman–Crippen LogP) is 6.79. The molecule has 0 aromatic carbocycles. The molecule has 0 aromatic heterocycles. The maximum atomic E-state index is 2.77. The van der Waals surface area contributed by atoms with Gasteiger partial charge in [0.05, 0.1) is 8.07 Å². The Morgan fingerprint density at radius 2 is 1.22 bits per heavy atom. The SMILES string of the molecule is CC1=CSC2C1CC(C)C2[Si](C)(C)C1C(C)CC2C(C)=CSC21. The molecule has 2 heterocycles. The Morgan fingerprint density at radius 3 is 1.61 bits per heavy atom. The van der Waals surface area contributed by atoms with E-state index in [4.69, 9.17) is 0 Å². The van der Waals surface area contributed by atoms with Crippen molar-refractivity contribution in [2.24, 2.45) is 23.7 Å². The Hall–Kier alpha value is 0.397. The predicted molar refractivity (Wildman–Crippen MR) is 110 cm³/mol. The van der Waals surface area contributed by atoms with Crippen molar-refractivity contribution < 1.29 is 0 Å². The molecule has 0 amide bonds. The van der Waals surface area contributed by atoms with Gasteiger partial charge >= 0.3 is 0 Å². The van der Waals surface area contributed by atoms with E-state index in [9.17, 15) is 0 Å². The van der Waals surface area contributed by atoms with Crippen molar-refractivity contribution in [3.8, 4) is 0 Å². The van der Waals surface area contributed by atoms with Crippen molar-refractivity contribution in [2.45, 2.75) is 75.2 Å². The molecule has 128 valence electrons. The van der Waals surface area contributed by atoms with Gasteiger partial charge in [-0.05, 0) is 72.3 Å². The van der Waals surface area contributed by atoms with Crippen LogP contribution in [-0.2, 0) is 0 Å². The van der Waals surface area contributed by atoms with Crippen LogP contribution in [0.25, 0.3) is 0 Å². The first-order chi connectivity index (χ1) is 10.8. The molecule has 2 aliphatic carbocycles. The van der Waals surface area contributed by atoms with E-state index in [1.807, 2.05) is 0 Å². The minimum absolute atomic E-state index is 0.898. The summed E-state index contributed by atoms with van der Waals surface area (Å²) in [5.41, 5.74) is 5.39. The third-order valence-corrected chi connectivity index (χ3v) is 16.4. The Balaban J connectivity index is 1.63. The summed E-state index contributed by atoms with van der Waals surface area (Å²) in [4.78, 5) is 0. The van der Waals surface area contributed by atoms with E-state index in [0.29, 0.717) is 0 Å². The Morgan fingerprint density at radius 1 is 0.826 bits per heavy atom. The molecular formula is C20H32S2Si. The molecule has 0 bridgehead atoms. The second kappa shape index (κ2) is 5.70. The normalized spacial score (nSPS) is 49.1. The van der Waals surface area contributed by atoms with E-state index < -0.39 is 8.07 Å². The van der Waals surface area contributed by atoms with Gasteiger partial charge < -0.3 is 0 Å². The van der Waals surface area contributed by atoms with Crippen molar-refractivity contribution in [1.82, 2.24) is 0 Å². The van der Waals surface area contributed by atoms with E-state index >= 15 is 0 Å². The first kappa shape index (κ1) is 16.8. The molecule has 0 saturated heterocycles. The Bertz CT molecular complexity index is 516. The van der Waals surface area contributed by atoms with Gasteiger partial charge in [-0.25, -0.2) is 0 Å². The fraction of sp³-hybridized carbons (Fsp3) is 0.800. The molecule has 0 aromatic rings. The van der Waals surface area contributed by atoms with Crippen molar-refractivity contribution in [1.29, 1.82) is 0 Å². The zero-order valence-corrected chi connectivity index (χ0v) is 18.1.